The van der Waals surface area contributed by atoms with Crippen molar-refractivity contribution in [2.24, 2.45) is 5.92 Å². The Morgan fingerprint density at radius 3 is 2.56 bits per heavy atom. The normalized spacial score (nSPS) is 18.1. The maximum absolute atomic E-state index is 13.2. The summed E-state index contributed by atoms with van der Waals surface area (Å²) in [5.74, 6) is 1.39. The lowest BCUT2D eigenvalue weighted by Gasteiger charge is -2.27. The van der Waals surface area contributed by atoms with Crippen LogP contribution in [-0.2, 0) is 11.3 Å². The van der Waals surface area contributed by atoms with E-state index in [1.54, 1.807) is 23.9 Å². The molecule has 1 aliphatic heterocycles. The number of rotatable bonds is 7. The molecule has 2 atom stereocenters. The summed E-state index contributed by atoms with van der Waals surface area (Å²) in [6.45, 7) is 7.46. The molecule has 1 unspecified atom stereocenters. The van der Waals surface area contributed by atoms with Crippen LogP contribution in [0.25, 0.3) is 0 Å². The fourth-order valence-corrected chi connectivity index (χ4v) is 4.89. The first-order valence-electron chi connectivity index (χ1n) is 9.57. The van der Waals surface area contributed by atoms with Gasteiger partial charge >= 0.3 is 0 Å². The first-order chi connectivity index (χ1) is 13.0. The highest BCUT2D eigenvalue weighted by molar-refractivity contribution is 7.99. The van der Waals surface area contributed by atoms with Crippen molar-refractivity contribution in [1.29, 1.82) is 0 Å². The van der Waals surface area contributed by atoms with Crippen LogP contribution in [0.3, 0.4) is 0 Å². The second kappa shape index (κ2) is 9.38. The lowest BCUT2D eigenvalue weighted by molar-refractivity contribution is -0.909. The first-order valence-corrected chi connectivity index (χ1v) is 10.6. The van der Waals surface area contributed by atoms with Crippen molar-refractivity contribution in [3.63, 3.8) is 0 Å². The van der Waals surface area contributed by atoms with E-state index in [1.165, 1.54) is 22.6 Å². The number of amides is 1. The van der Waals surface area contributed by atoms with Crippen LogP contribution in [0.5, 0.6) is 0 Å². The van der Waals surface area contributed by atoms with E-state index in [-0.39, 0.29) is 17.1 Å². The quantitative estimate of drug-likeness (QED) is 0.789. The zero-order valence-corrected chi connectivity index (χ0v) is 16.8. The summed E-state index contributed by atoms with van der Waals surface area (Å²) in [4.78, 5) is 16.3. The van der Waals surface area contributed by atoms with Gasteiger partial charge in [-0.1, -0.05) is 56.3 Å². The Labute approximate surface area is 165 Å². The molecule has 0 spiro atoms. The Bertz CT molecular complexity index is 736. The largest absolute Gasteiger partial charge is 0.323 e. The van der Waals surface area contributed by atoms with Gasteiger partial charge in [0.2, 0.25) is 0 Å². The van der Waals surface area contributed by atoms with Crippen LogP contribution in [0.1, 0.15) is 30.3 Å². The number of hydrogen-bond acceptors (Lipinski definition) is 2. The minimum absolute atomic E-state index is 0.00451. The van der Waals surface area contributed by atoms with Crippen molar-refractivity contribution in [2.45, 2.75) is 25.8 Å². The zero-order valence-electron chi connectivity index (χ0n) is 16.0. The molecule has 2 aromatic carbocycles. The van der Waals surface area contributed by atoms with Gasteiger partial charge in [-0.05, 0) is 17.7 Å². The number of nitrogens with zero attached hydrogens (tertiary/aromatic N) is 1. The standard InChI is InChI=1S/C22H27FN2OS/c1-17(2)14-24(15-18-6-4-3-5-7-18)16-21(26)25-12-13-27-22(25)19-8-10-20(23)11-9-19/h3-11,17,22H,12-16H2,1-2H3/p+1/t22-/m0/s1. The van der Waals surface area contributed by atoms with Crippen molar-refractivity contribution < 1.29 is 14.1 Å². The van der Waals surface area contributed by atoms with Crippen molar-refractivity contribution in [2.75, 3.05) is 25.4 Å². The maximum Gasteiger partial charge on any atom is 0.278 e. The van der Waals surface area contributed by atoms with Gasteiger partial charge in [0.25, 0.3) is 5.91 Å². The van der Waals surface area contributed by atoms with E-state index >= 15 is 0 Å². The Balaban J connectivity index is 1.69. The minimum atomic E-state index is -0.241. The summed E-state index contributed by atoms with van der Waals surface area (Å²) >= 11 is 1.76. The molecule has 0 bridgehead atoms. The number of carbonyl (C=O) groups excluding carboxylic acids is 1. The fraction of sp³-hybridized carbons (Fsp3) is 0.409. The monoisotopic (exact) mass is 387 g/mol. The molecule has 1 amide bonds. The van der Waals surface area contributed by atoms with Gasteiger partial charge in [0.05, 0.1) is 6.54 Å². The summed E-state index contributed by atoms with van der Waals surface area (Å²) in [5, 5.41) is -0.00451. The molecule has 1 heterocycles. The highest BCUT2D eigenvalue weighted by Crippen LogP contribution is 2.37. The van der Waals surface area contributed by atoms with Gasteiger partial charge in [-0.25, -0.2) is 4.39 Å². The molecule has 0 aromatic heterocycles. The molecule has 0 saturated carbocycles. The van der Waals surface area contributed by atoms with E-state index in [1.807, 2.05) is 23.1 Å². The molecule has 3 rings (SSSR count). The Morgan fingerprint density at radius 2 is 1.89 bits per heavy atom. The summed E-state index contributed by atoms with van der Waals surface area (Å²) in [7, 11) is 0. The smallest absolute Gasteiger partial charge is 0.278 e. The van der Waals surface area contributed by atoms with Crippen LogP contribution in [0, 0.1) is 11.7 Å². The summed E-state index contributed by atoms with van der Waals surface area (Å²) in [6.07, 6.45) is 0. The molecule has 144 valence electrons. The average molecular weight is 388 g/mol. The van der Waals surface area contributed by atoms with Crippen molar-refractivity contribution in [3.8, 4) is 0 Å². The number of carbonyl (C=O) groups is 1. The van der Waals surface area contributed by atoms with Gasteiger partial charge in [-0.2, -0.15) is 0 Å². The lowest BCUT2D eigenvalue weighted by Crippen LogP contribution is -3.12. The van der Waals surface area contributed by atoms with Crippen LogP contribution in [0.4, 0.5) is 4.39 Å². The van der Waals surface area contributed by atoms with Gasteiger partial charge < -0.3 is 9.80 Å². The SMILES string of the molecule is CC(C)C[NH+](CC(=O)N1CCS[C@H]1c1ccc(F)cc1)Cc1ccccc1. The van der Waals surface area contributed by atoms with Crippen LogP contribution in [0.2, 0.25) is 0 Å². The Hall–Kier alpha value is -1.85. The van der Waals surface area contributed by atoms with Gasteiger partial charge in [0, 0.05) is 23.8 Å². The Morgan fingerprint density at radius 1 is 1.19 bits per heavy atom. The van der Waals surface area contributed by atoms with Gasteiger partial charge in [0.15, 0.2) is 6.54 Å². The van der Waals surface area contributed by atoms with E-state index in [4.69, 9.17) is 0 Å². The summed E-state index contributed by atoms with van der Waals surface area (Å²) in [5.41, 5.74) is 2.26. The minimum Gasteiger partial charge on any atom is -0.323 e. The predicted octanol–water partition coefficient (Wildman–Crippen LogP) is 3.14. The number of halogens is 1. The van der Waals surface area contributed by atoms with Crippen LogP contribution < -0.4 is 4.90 Å². The Kier molecular flexibility index (Phi) is 6.91. The van der Waals surface area contributed by atoms with E-state index in [2.05, 4.69) is 26.0 Å². The van der Waals surface area contributed by atoms with E-state index in [0.717, 1.165) is 31.0 Å². The number of hydrogen-bond donors (Lipinski definition) is 1. The highest BCUT2D eigenvalue weighted by Gasteiger charge is 2.32. The molecule has 0 aliphatic carbocycles. The predicted molar refractivity (Wildman–Crippen MR) is 109 cm³/mol. The number of benzene rings is 2. The van der Waals surface area contributed by atoms with E-state index < -0.39 is 0 Å². The van der Waals surface area contributed by atoms with Crippen molar-refractivity contribution in [1.82, 2.24) is 4.90 Å². The second-order valence-electron chi connectivity index (χ2n) is 7.55. The fourth-order valence-electron chi connectivity index (χ4n) is 3.61. The molecular formula is C22H28FN2OS+. The molecule has 1 N–H and O–H groups in total. The average Bonchev–Trinajstić information content (AvgIpc) is 3.12. The zero-order chi connectivity index (χ0) is 19.2. The van der Waals surface area contributed by atoms with Crippen molar-refractivity contribution >= 4 is 17.7 Å². The molecule has 1 aliphatic rings. The molecular weight excluding hydrogens is 359 g/mol. The topological polar surface area (TPSA) is 24.8 Å². The van der Waals surface area contributed by atoms with E-state index in [0.29, 0.717) is 12.5 Å². The maximum atomic E-state index is 13.2. The molecule has 1 saturated heterocycles. The summed E-state index contributed by atoms with van der Waals surface area (Å²) < 4.78 is 13.2. The van der Waals surface area contributed by atoms with Crippen LogP contribution >= 0.6 is 11.8 Å². The third-order valence-electron chi connectivity index (χ3n) is 4.76. The molecule has 1 fully saturated rings. The van der Waals surface area contributed by atoms with Gasteiger partial charge in [0.1, 0.15) is 17.7 Å². The second-order valence-corrected chi connectivity index (χ2v) is 8.74. The van der Waals surface area contributed by atoms with Gasteiger partial charge in [-0.3, -0.25) is 4.79 Å². The lowest BCUT2D eigenvalue weighted by atomic mass is 10.1. The van der Waals surface area contributed by atoms with Gasteiger partial charge in [-0.15, -0.1) is 11.8 Å². The van der Waals surface area contributed by atoms with Crippen molar-refractivity contribution in [3.05, 3.63) is 71.5 Å². The van der Waals surface area contributed by atoms with Crippen LogP contribution in [0.15, 0.2) is 54.6 Å². The van der Waals surface area contributed by atoms with E-state index in [9.17, 15) is 9.18 Å². The molecule has 2 aromatic rings. The highest BCUT2D eigenvalue weighted by atomic mass is 32.2. The first kappa shape index (κ1) is 19.9. The number of nitrogens with one attached hydrogen (secondary N) is 1. The third kappa shape index (κ3) is 5.56. The molecule has 5 heteroatoms. The molecule has 27 heavy (non-hydrogen) atoms. The third-order valence-corrected chi connectivity index (χ3v) is 6.02. The molecule has 3 nitrogen and oxygen atoms in total. The number of quaternary nitrogens is 1. The summed E-state index contributed by atoms with van der Waals surface area (Å²) in [6, 6.07) is 16.9. The van der Waals surface area contributed by atoms with Crippen LogP contribution in [-0.4, -0.2) is 36.2 Å². The number of thioether (sulfide) groups is 1. The molecule has 0 radical (unpaired) electrons.